The summed E-state index contributed by atoms with van der Waals surface area (Å²) in [7, 11) is 0. The number of aromatic nitrogens is 4. The zero-order valence-electron chi connectivity index (χ0n) is 23.0. The molecule has 40 heavy (non-hydrogen) atoms. The zero-order chi connectivity index (χ0) is 28.7. The molecule has 1 aromatic carbocycles. The average Bonchev–Trinajstić information content (AvgIpc) is 3.34. The van der Waals surface area contributed by atoms with Gasteiger partial charge < -0.3 is 10.4 Å². The summed E-state index contributed by atoms with van der Waals surface area (Å²) in [6.45, 7) is 10.3. The van der Waals surface area contributed by atoms with Gasteiger partial charge in [-0.2, -0.15) is 0 Å². The van der Waals surface area contributed by atoms with E-state index >= 15 is 0 Å². The largest absolute Gasteiger partial charge is 0.481 e. The molecule has 2 amide bonds. The lowest BCUT2D eigenvalue weighted by Crippen LogP contribution is -2.28. The molecule has 0 bridgehead atoms. The summed E-state index contributed by atoms with van der Waals surface area (Å²) < 4.78 is 0.909. The fraction of sp³-hybridized carbons (Fsp3) is 0.333. The topological polar surface area (TPSA) is 130 Å². The average molecular weight is 559 g/mol. The predicted molar refractivity (Wildman–Crippen MR) is 159 cm³/mol. The van der Waals surface area contributed by atoms with E-state index in [9.17, 15) is 14.7 Å². The number of carbonyl (C=O) groups is 2. The molecule has 4 rings (SSSR count). The number of carboxylic acid groups (broad SMARTS) is 1. The van der Waals surface area contributed by atoms with Gasteiger partial charge in [-0.05, 0) is 57.4 Å². The van der Waals surface area contributed by atoms with E-state index in [0.29, 0.717) is 43.1 Å². The molecule has 0 aliphatic rings. The Kier molecular flexibility index (Phi) is 9.21. The maximum absolute atomic E-state index is 12.1. The molecule has 0 saturated heterocycles. The quantitative estimate of drug-likeness (QED) is 0.164. The first-order chi connectivity index (χ1) is 19.2. The molecule has 0 fully saturated rings. The predicted octanol–water partition coefficient (Wildman–Crippen LogP) is 6.73. The maximum atomic E-state index is 12.1. The highest BCUT2D eigenvalue weighted by Gasteiger charge is 2.31. The number of benzene rings is 1. The lowest BCUT2D eigenvalue weighted by Gasteiger charge is -2.24. The molecule has 3 aromatic heterocycles. The number of pyridine rings is 1. The Hall–Kier alpha value is -4.18. The summed E-state index contributed by atoms with van der Waals surface area (Å²) in [5.41, 5.74) is 4.87. The second kappa shape index (κ2) is 12.8. The number of carbonyl (C=O) groups excluding carboxylic acids is 1. The highest BCUT2D eigenvalue weighted by molar-refractivity contribution is 7.22. The SMILES string of the molecule is C=C(CCC(C)(CCC)C(=O)O)Cc1cnc(-c2cc(-c3ccccn3)c3sc(NC(=O)NCC)nc3c2)cn1. The van der Waals surface area contributed by atoms with Crippen LogP contribution < -0.4 is 10.6 Å². The number of nitrogens with one attached hydrogen (secondary N) is 2. The number of anilines is 1. The van der Waals surface area contributed by atoms with Gasteiger partial charge in [-0.3, -0.25) is 25.1 Å². The highest BCUT2D eigenvalue weighted by atomic mass is 32.1. The van der Waals surface area contributed by atoms with Crippen LogP contribution in [0.25, 0.3) is 32.7 Å². The Morgan fingerprint density at radius 1 is 1.07 bits per heavy atom. The molecular weight excluding hydrogens is 524 g/mol. The van der Waals surface area contributed by atoms with Crippen molar-refractivity contribution < 1.29 is 14.7 Å². The number of hydrogen-bond donors (Lipinski definition) is 3. The fourth-order valence-electron chi connectivity index (χ4n) is 4.53. The minimum Gasteiger partial charge on any atom is -0.481 e. The van der Waals surface area contributed by atoms with Crippen molar-refractivity contribution >= 4 is 38.7 Å². The van der Waals surface area contributed by atoms with Crippen LogP contribution in [0.5, 0.6) is 0 Å². The standard InChI is InChI=1S/C30H34N6O3S/c1-5-11-30(4,27(37)38)12-10-19(3)14-21-17-34-25(18-33-21)20-15-22(23-9-7-8-13-32-23)26-24(16-20)35-29(40-26)36-28(39)31-6-2/h7-9,13,15-18H,3,5-6,10-12,14H2,1-2,4H3,(H,37,38)(H2,31,35,36,39). The van der Waals surface area contributed by atoms with Crippen LogP contribution in [0.4, 0.5) is 9.93 Å². The Balaban J connectivity index is 1.56. The normalized spacial score (nSPS) is 12.6. The summed E-state index contributed by atoms with van der Waals surface area (Å²) in [5.74, 6) is -0.763. The van der Waals surface area contributed by atoms with E-state index in [-0.39, 0.29) is 6.03 Å². The van der Waals surface area contributed by atoms with E-state index < -0.39 is 11.4 Å². The highest BCUT2D eigenvalue weighted by Crippen LogP contribution is 2.38. The van der Waals surface area contributed by atoms with E-state index in [4.69, 9.17) is 0 Å². The number of allylic oxidation sites excluding steroid dienone is 1. The van der Waals surface area contributed by atoms with Crippen LogP contribution in [0.2, 0.25) is 0 Å². The number of rotatable bonds is 12. The van der Waals surface area contributed by atoms with E-state index in [1.165, 1.54) is 11.3 Å². The number of fused-ring (bicyclic) bond motifs is 1. The lowest BCUT2D eigenvalue weighted by atomic mass is 9.80. The maximum Gasteiger partial charge on any atom is 0.321 e. The van der Waals surface area contributed by atoms with Gasteiger partial charge in [0.05, 0.1) is 38.9 Å². The molecule has 0 saturated carbocycles. The van der Waals surface area contributed by atoms with Crippen LogP contribution in [-0.2, 0) is 11.2 Å². The fourth-order valence-corrected chi connectivity index (χ4v) is 5.49. The molecule has 1 atom stereocenters. The third-order valence-corrected chi connectivity index (χ3v) is 7.79. The number of amides is 2. The van der Waals surface area contributed by atoms with Crippen molar-refractivity contribution in [3.8, 4) is 22.5 Å². The Morgan fingerprint density at radius 3 is 2.55 bits per heavy atom. The second-order valence-electron chi connectivity index (χ2n) is 10.0. The van der Waals surface area contributed by atoms with Crippen molar-refractivity contribution in [1.82, 2.24) is 25.3 Å². The monoisotopic (exact) mass is 558 g/mol. The van der Waals surface area contributed by atoms with E-state index in [0.717, 1.165) is 44.7 Å². The molecule has 0 radical (unpaired) electrons. The first kappa shape index (κ1) is 28.8. The van der Waals surface area contributed by atoms with Gasteiger partial charge in [0.25, 0.3) is 0 Å². The summed E-state index contributed by atoms with van der Waals surface area (Å²) >= 11 is 1.39. The third-order valence-electron chi connectivity index (χ3n) is 6.77. The smallest absolute Gasteiger partial charge is 0.321 e. The van der Waals surface area contributed by atoms with Crippen LogP contribution in [0, 0.1) is 5.41 Å². The number of hydrogen-bond acceptors (Lipinski definition) is 7. The number of urea groups is 1. The van der Waals surface area contributed by atoms with Gasteiger partial charge in [-0.1, -0.05) is 42.9 Å². The van der Waals surface area contributed by atoms with Crippen molar-refractivity contribution in [2.24, 2.45) is 5.41 Å². The Morgan fingerprint density at radius 2 is 1.90 bits per heavy atom. The summed E-state index contributed by atoms with van der Waals surface area (Å²) in [4.78, 5) is 42.3. The van der Waals surface area contributed by atoms with Gasteiger partial charge in [-0.25, -0.2) is 9.78 Å². The molecule has 0 aliphatic carbocycles. The van der Waals surface area contributed by atoms with Crippen LogP contribution >= 0.6 is 11.3 Å². The molecule has 1 unspecified atom stereocenters. The molecule has 10 heteroatoms. The summed E-state index contributed by atoms with van der Waals surface area (Å²) in [6, 6.07) is 9.38. The van der Waals surface area contributed by atoms with Crippen LogP contribution in [-0.4, -0.2) is 43.6 Å². The van der Waals surface area contributed by atoms with Gasteiger partial charge in [0.15, 0.2) is 5.13 Å². The first-order valence-electron chi connectivity index (χ1n) is 13.3. The van der Waals surface area contributed by atoms with E-state index in [2.05, 4.69) is 37.1 Å². The number of thiazole rings is 1. The van der Waals surface area contributed by atoms with Gasteiger partial charge in [0.1, 0.15) is 0 Å². The van der Waals surface area contributed by atoms with Crippen molar-refractivity contribution in [2.75, 3.05) is 11.9 Å². The van der Waals surface area contributed by atoms with Crippen molar-refractivity contribution in [1.29, 1.82) is 0 Å². The minimum absolute atomic E-state index is 0.304. The lowest BCUT2D eigenvalue weighted by molar-refractivity contribution is -0.148. The first-order valence-corrected chi connectivity index (χ1v) is 14.2. The zero-order valence-corrected chi connectivity index (χ0v) is 23.8. The van der Waals surface area contributed by atoms with E-state index in [1.54, 1.807) is 25.5 Å². The molecule has 3 N–H and O–H groups in total. The number of carboxylic acids is 1. The second-order valence-corrected chi connectivity index (χ2v) is 11.0. The number of nitrogens with zero attached hydrogens (tertiary/aromatic N) is 4. The van der Waals surface area contributed by atoms with Gasteiger partial charge in [0, 0.05) is 36.5 Å². The minimum atomic E-state index is -0.763. The van der Waals surface area contributed by atoms with Gasteiger partial charge in [-0.15, -0.1) is 0 Å². The molecule has 208 valence electrons. The summed E-state index contributed by atoms with van der Waals surface area (Å²) in [6.07, 6.45) is 8.36. The van der Waals surface area contributed by atoms with Gasteiger partial charge in [0.2, 0.25) is 0 Å². The summed E-state index contributed by atoms with van der Waals surface area (Å²) in [5, 5.41) is 15.7. The molecule has 0 spiro atoms. The van der Waals surface area contributed by atoms with Crippen LogP contribution in [0.15, 0.2) is 61.1 Å². The van der Waals surface area contributed by atoms with Crippen molar-refractivity contribution in [3.63, 3.8) is 0 Å². The molecular formula is C30H34N6O3S. The van der Waals surface area contributed by atoms with Crippen LogP contribution in [0.1, 0.15) is 52.1 Å². The molecule has 3 heterocycles. The van der Waals surface area contributed by atoms with Gasteiger partial charge >= 0.3 is 12.0 Å². The Bertz CT molecular complexity index is 1500. The molecule has 0 aliphatic heterocycles. The molecule has 9 nitrogen and oxygen atoms in total. The van der Waals surface area contributed by atoms with Crippen LogP contribution in [0.3, 0.4) is 0 Å². The molecule has 4 aromatic rings. The van der Waals surface area contributed by atoms with Crippen molar-refractivity contribution in [3.05, 3.63) is 66.8 Å². The van der Waals surface area contributed by atoms with Crippen molar-refractivity contribution in [2.45, 2.75) is 52.9 Å². The third kappa shape index (κ3) is 6.87. The van der Waals surface area contributed by atoms with E-state index in [1.807, 2.05) is 44.2 Å². The number of aliphatic carboxylic acids is 1. The Labute approximate surface area is 237 Å².